The van der Waals surface area contributed by atoms with E-state index in [0.29, 0.717) is 12.6 Å². The monoisotopic (exact) mass is 293 g/mol. The van der Waals surface area contributed by atoms with Crippen LogP contribution >= 0.6 is 11.8 Å². The van der Waals surface area contributed by atoms with E-state index in [9.17, 15) is 4.79 Å². The van der Waals surface area contributed by atoms with Crippen molar-refractivity contribution < 1.29 is 4.79 Å². The fraction of sp³-hybridized carbons (Fsp3) is 0.533. The fourth-order valence-corrected chi connectivity index (χ4v) is 3.45. The quantitative estimate of drug-likeness (QED) is 0.833. The lowest BCUT2D eigenvalue weighted by Crippen LogP contribution is -2.44. The van der Waals surface area contributed by atoms with Crippen molar-refractivity contribution in [2.24, 2.45) is 5.73 Å². The molecular formula is C15H23N3OS. The van der Waals surface area contributed by atoms with Crippen molar-refractivity contribution in [2.75, 3.05) is 24.2 Å². The summed E-state index contributed by atoms with van der Waals surface area (Å²) in [4.78, 5) is 14.8. The zero-order valence-electron chi connectivity index (χ0n) is 12.2. The molecule has 5 heteroatoms. The van der Waals surface area contributed by atoms with Gasteiger partial charge in [0, 0.05) is 48.7 Å². The van der Waals surface area contributed by atoms with Crippen molar-refractivity contribution in [1.29, 1.82) is 0 Å². The van der Waals surface area contributed by atoms with Gasteiger partial charge in [-0.05, 0) is 31.2 Å². The third kappa shape index (κ3) is 3.46. The minimum atomic E-state index is 0.0653. The number of thioether (sulfide) groups is 1. The van der Waals surface area contributed by atoms with Gasteiger partial charge in [0.25, 0.3) is 0 Å². The van der Waals surface area contributed by atoms with Crippen LogP contribution in [0.2, 0.25) is 0 Å². The summed E-state index contributed by atoms with van der Waals surface area (Å²) in [6, 6.07) is 6.69. The van der Waals surface area contributed by atoms with Crippen molar-refractivity contribution in [1.82, 2.24) is 5.32 Å². The number of rotatable bonds is 4. The van der Waals surface area contributed by atoms with Crippen LogP contribution < -0.4 is 16.0 Å². The largest absolute Gasteiger partial charge is 0.371 e. The molecule has 0 atom stereocenters. The standard InChI is InChI=1S/C15H23N3OS/c1-11(19)17-12-6-8-18(9-7-12)14-4-3-5-15(20-2)13(14)10-16/h3-5,12H,6-10,16H2,1-2H3,(H,17,19). The molecule has 20 heavy (non-hydrogen) atoms. The number of piperidine rings is 1. The molecule has 0 unspecified atom stereocenters. The molecule has 1 saturated heterocycles. The first-order chi connectivity index (χ1) is 9.65. The predicted molar refractivity (Wildman–Crippen MR) is 85.2 cm³/mol. The molecule has 0 radical (unpaired) electrons. The van der Waals surface area contributed by atoms with Crippen LogP contribution in [0.4, 0.5) is 5.69 Å². The number of nitrogens with one attached hydrogen (secondary N) is 1. The first kappa shape index (κ1) is 15.2. The van der Waals surface area contributed by atoms with E-state index in [4.69, 9.17) is 5.73 Å². The average Bonchev–Trinajstić information content (AvgIpc) is 2.46. The molecular weight excluding hydrogens is 270 g/mol. The van der Waals surface area contributed by atoms with E-state index >= 15 is 0 Å². The van der Waals surface area contributed by atoms with E-state index in [-0.39, 0.29) is 5.91 Å². The minimum Gasteiger partial charge on any atom is -0.371 e. The lowest BCUT2D eigenvalue weighted by molar-refractivity contribution is -0.119. The van der Waals surface area contributed by atoms with Crippen LogP contribution in [0.1, 0.15) is 25.3 Å². The molecule has 0 bridgehead atoms. The molecule has 1 fully saturated rings. The Hall–Kier alpha value is -1.20. The number of amides is 1. The number of nitrogens with zero attached hydrogens (tertiary/aromatic N) is 1. The Morgan fingerprint density at radius 1 is 1.45 bits per heavy atom. The summed E-state index contributed by atoms with van der Waals surface area (Å²) in [5, 5.41) is 3.01. The summed E-state index contributed by atoms with van der Waals surface area (Å²) in [5.74, 6) is 0.0653. The highest BCUT2D eigenvalue weighted by Crippen LogP contribution is 2.31. The number of carbonyl (C=O) groups is 1. The average molecular weight is 293 g/mol. The SMILES string of the molecule is CSc1cccc(N2CCC(NC(C)=O)CC2)c1CN. The summed E-state index contributed by atoms with van der Waals surface area (Å²) in [6.07, 6.45) is 4.07. The summed E-state index contributed by atoms with van der Waals surface area (Å²) in [5.41, 5.74) is 8.41. The second kappa shape index (κ2) is 6.99. The summed E-state index contributed by atoms with van der Waals surface area (Å²) < 4.78 is 0. The van der Waals surface area contributed by atoms with Gasteiger partial charge in [0.15, 0.2) is 0 Å². The Morgan fingerprint density at radius 2 is 2.15 bits per heavy atom. The third-order valence-corrected chi connectivity index (χ3v) is 4.60. The Kier molecular flexibility index (Phi) is 5.31. The van der Waals surface area contributed by atoms with Gasteiger partial charge in [0.05, 0.1) is 0 Å². The van der Waals surface area contributed by atoms with E-state index in [0.717, 1.165) is 25.9 Å². The van der Waals surface area contributed by atoms with Gasteiger partial charge in [-0.2, -0.15) is 0 Å². The van der Waals surface area contributed by atoms with Gasteiger partial charge in [0.2, 0.25) is 5.91 Å². The molecule has 1 heterocycles. The lowest BCUT2D eigenvalue weighted by atomic mass is 10.0. The molecule has 110 valence electrons. The van der Waals surface area contributed by atoms with Gasteiger partial charge in [0.1, 0.15) is 0 Å². The highest BCUT2D eigenvalue weighted by atomic mass is 32.2. The van der Waals surface area contributed by atoms with E-state index in [1.165, 1.54) is 16.1 Å². The molecule has 1 aromatic carbocycles. The normalized spacial score (nSPS) is 16.2. The third-order valence-electron chi connectivity index (χ3n) is 3.78. The Morgan fingerprint density at radius 3 is 2.70 bits per heavy atom. The maximum atomic E-state index is 11.1. The summed E-state index contributed by atoms with van der Waals surface area (Å²) in [6.45, 7) is 4.09. The minimum absolute atomic E-state index is 0.0653. The highest BCUT2D eigenvalue weighted by Gasteiger charge is 2.21. The number of hydrogen-bond acceptors (Lipinski definition) is 4. The number of carbonyl (C=O) groups excluding carboxylic acids is 1. The molecule has 3 N–H and O–H groups in total. The van der Waals surface area contributed by atoms with Crippen LogP contribution in [-0.2, 0) is 11.3 Å². The van der Waals surface area contributed by atoms with Gasteiger partial charge in [-0.15, -0.1) is 11.8 Å². The van der Waals surface area contributed by atoms with Crippen molar-refractivity contribution in [3.05, 3.63) is 23.8 Å². The lowest BCUT2D eigenvalue weighted by Gasteiger charge is -2.35. The summed E-state index contributed by atoms with van der Waals surface area (Å²) >= 11 is 1.74. The van der Waals surface area contributed by atoms with Crippen molar-refractivity contribution in [2.45, 2.75) is 37.2 Å². The number of hydrogen-bond donors (Lipinski definition) is 2. The fourth-order valence-electron chi connectivity index (χ4n) is 2.80. The first-order valence-corrected chi connectivity index (χ1v) is 8.26. The molecule has 1 aliphatic rings. The van der Waals surface area contributed by atoms with Crippen LogP contribution in [0.25, 0.3) is 0 Å². The molecule has 0 aromatic heterocycles. The zero-order chi connectivity index (χ0) is 14.5. The van der Waals surface area contributed by atoms with Crippen LogP contribution in [0, 0.1) is 0 Å². The molecule has 1 aromatic rings. The molecule has 1 amide bonds. The van der Waals surface area contributed by atoms with Gasteiger partial charge in [-0.3, -0.25) is 4.79 Å². The van der Waals surface area contributed by atoms with Crippen molar-refractivity contribution in [3.8, 4) is 0 Å². The molecule has 1 aliphatic heterocycles. The van der Waals surface area contributed by atoms with Crippen molar-refractivity contribution in [3.63, 3.8) is 0 Å². The van der Waals surface area contributed by atoms with Gasteiger partial charge >= 0.3 is 0 Å². The Labute approximate surface area is 125 Å². The molecule has 0 spiro atoms. The number of nitrogens with two attached hydrogens (primary N) is 1. The smallest absolute Gasteiger partial charge is 0.217 e. The summed E-state index contributed by atoms with van der Waals surface area (Å²) in [7, 11) is 0. The van der Waals surface area contributed by atoms with Gasteiger partial charge < -0.3 is 16.0 Å². The van der Waals surface area contributed by atoms with Crippen LogP contribution in [-0.4, -0.2) is 31.3 Å². The maximum Gasteiger partial charge on any atom is 0.217 e. The maximum absolute atomic E-state index is 11.1. The van der Waals surface area contributed by atoms with E-state index < -0.39 is 0 Å². The van der Waals surface area contributed by atoms with Crippen molar-refractivity contribution >= 4 is 23.4 Å². The topological polar surface area (TPSA) is 58.4 Å². The molecule has 0 aliphatic carbocycles. The van der Waals surface area contributed by atoms with Crippen LogP contribution in [0.5, 0.6) is 0 Å². The Balaban J connectivity index is 2.09. The molecule has 4 nitrogen and oxygen atoms in total. The van der Waals surface area contributed by atoms with Gasteiger partial charge in [-0.25, -0.2) is 0 Å². The zero-order valence-corrected chi connectivity index (χ0v) is 13.0. The van der Waals surface area contributed by atoms with Crippen LogP contribution in [0.3, 0.4) is 0 Å². The predicted octanol–water partition coefficient (Wildman–Crippen LogP) is 1.97. The highest BCUT2D eigenvalue weighted by molar-refractivity contribution is 7.98. The molecule has 2 rings (SSSR count). The van der Waals surface area contributed by atoms with Crippen LogP contribution in [0.15, 0.2) is 23.1 Å². The van der Waals surface area contributed by atoms with E-state index in [2.05, 4.69) is 34.7 Å². The van der Waals surface area contributed by atoms with E-state index in [1.54, 1.807) is 18.7 Å². The molecule has 0 saturated carbocycles. The second-order valence-corrected chi connectivity index (χ2v) is 5.97. The van der Waals surface area contributed by atoms with E-state index in [1.807, 2.05) is 0 Å². The second-order valence-electron chi connectivity index (χ2n) is 5.12. The van der Waals surface area contributed by atoms with Gasteiger partial charge in [-0.1, -0.05) is 6.07 Å². The number of anilines is 1. The Bertz CT molecular complexity index is 470. The first-order valence-electron chi connectivity index (χ1n) is 7.03. The number of benzene rings is 1.